The lowest BCUT2D eigenvalue weighted by atomic mass is 9.95. The minimum atomic E-state index is -4.14. The van der Waals surface area contributed by atoms with Gasteiger partial charge in [0.15, 0.2) is 0 Å². The van der Waals surface area contributed by atoms with Crippen molar-refractivity contribution >= 4 is 16.1 Å². The van der Waals surface area contributed by atoms with Gasteiger partial charge in [0.25, 0.3) is 5.92 Å². The molecule has 0 aromatic heterocycles. The molecule has 1 fully saturated rings. The van der Waals surface area contributed by atoms with Gasteiger partial charge in [-0.1, -0.05) is 18.2 Å². The number of carbonyl (C=O) groups is 1. The molecule has 36 heavy (non-hydrogen) atoms. The summed E-state index contributed by atoms with van der Waals surface area (Å²) in [6.45, 7) is 4.71. The first-order valence-corrected chi connectivity index (χ1v) is 12.8. The Morgan fingerprint density at radius 1 is 1.14 bits per heavy atom. The first-order chi connectivity index (χ1) is 16.5. The monoisotopic (exact) mass is 534 g/mol. The molecule has 0 unspecified atom stereocenters. The van der Waals surface area contributed by atoms with Crippen molar-refractivity contribution in [3.63, 3.8) is 0 Å². The zero-order valence-corrected chi connectivity index (χ0v) is 20.9. The first kappa shape index (κ1) is 27.9. The topological polar surface area (TPSA) is 75.7 Å². The Morgan fingerprint density at radius 2 is 1.75 bits per heavy atom. The van der Waals surface area contributed by atoms with Crippen LogP contribution in [-0.2, 0) is 21.2 Å². The summed E-state index contributed by atoms with van der Waals surface area (Å²) in [6.07, 6.45) is -1.64. The Labute approximate surface area is 206 Å². The molecule has 2 aromatic carbocycles. The largest absolute Gasteiger partial charge is 0.444 e. The predicted molar refractivity (Wildman–Crippen MR) is 124 cm³/mol. The third-order valence-electron chi connectivity index (χ3n) is 5.62. The smallest absolute Gasteiger partial charge is 0.410 e. The van der Waals surface area contributed by atoms with Gasteiger partial charge in [-0.3, -0.25) is 4.90 Å². The molecule has 3 rings (SSSR count). The van der Waals surface area contributed by atoms with Gasteiger partial charge in [-0.25, -0.2) is 39.9 Å². The molecule has 1 aliphatic rings. The lowest BCUT2D eigenvalue weighted by Gasteiger charge is -2.30. The van der Waals surface area contributed by atoms with Gasteiger partial charge in [0.05, 0.1) is 18.3 Å². The highest BCUT2D eigenvalue weighted by atomic mass is 32.2. The van der Waals surface area contributed by atoms with Crippen LogP contribution in [0.5, 0.6) is 0 Å². The van der Waals surface area contributed by atoms with Gasteiger partial charge < -0.3 is 4.74 Å². The molecule has 2 aromatic rings. The van der Waals surface area contributed by atoms with E-state index in [-0.39, 0.29) is 16.7 Å². The molecule has 0 aliphatic carbocycles. The molecule has 0 bridgehead atoms. The van der Waals surface area contributed by atoms with Crippen LogP contribution < -0.4 is 4.72 Å². The van der Waals surface area contributed by atoms with Crippen molar-refractivity contribution < 1.29 is 39.9 Å². The molecule has 1 aliphatic heterocycles. The summed E-state index contributed by atoms with van der Waals surface area (Å²) in [7, 11) is -4.14. The summed E-state index contributed by atoms with van der Waals surface area (Å²) < 4.78 is 105. The lowest BCUT2D eigenvalue weighted by molar-refractivity contribution is -0.0122. The zero-order chi connectivity index (χ0) is 27.1. The van der Waals surface area contributed by atoms with Gasteiger partial charge in [0, 0.05) is 11.6 Å². The van der Waals surface area contributed by atoms with Gasteiger partial charge >= 0.3 is 6.09 Å². The van der Waals surface area contributed by atoms with E-state index in [0.29, 0.717) is 11.0 Å². The third kappa shape index (κ3) is 6.33. The van der Waals surface area contributed by atoms with E-state index in [1.807, 2.05) is 4.72 Å². The number of amides is 1. The molecule has 6 nitrogen and oxygen atoms in total. The van der Waals surface area contributed by atoms with Crippen molar-refractivity contribution in [3.8, 4) is 11.1 Å². The third-order valence-corrected chi connectivity index (χ3v) is 6.99. The highest BCUT2D eigenvalue weighted by Gasteiger charge is 2.57. The first-order valence-electron chi connectivity index (χ1n) is 11.1. The molecule has 0 radical (unpaired) electrons. The molecular formula is C24H27F5N2O4S. The second-order valence-corrected chi connectivity index (χ2v) is 11.6. The standard InChI is InChI=1S/C24H27F5N2O4S/c1-5-36(33,34)30-21-19(31(13-24(21,28)29)22(32)35-23(2,3)4)11-14-7-6-8-18(20(14)27)15-9-16(25)12-17(26)10-15/h6-10,12,19,21,30H,5,11,13H2,1-4H3/t19-,21+/m0/s1. The molecule has 1 heterocycles. The maximum atomic E-state index is 15.5. The quantitative estimate of drug-likeness (QED) is 0.537. The van der Waals surface area contributed by atoms with E-state index in [1.54, 1.807) is 0 Å². The molecule has 1 saturated heterocycles. The maximum absolute atomic E-state index is 15.5. The number of sulfonamides is 1. The summed E-state index contributed by atoms with van der Waals surface area (Å²) >= 11 is 0. The van der Waals surface area contributed by atoms with E-state index in [0.717, 1.165) is 12.1 Å². The van der Waals surface area contributed by atoms with E-state index < -0.39 is 75.9 Å². The summed E-state index contributed by atoms with van der Waals surface area (Å²) in [4.78, 5) is 13.5. The zero-order valence-electron chi connectivity index (χ0n) is 20.1. The van der Waals surface area contributed by atoms with E-state index in [1.165, 1.54) is 45.9 Å². The van der Waals surface area contributed by atoms with Crippen molar-refractivity contribution in [3.05, 3.63) is 59.4 Å². The Morgan fingerprint density at radius 3 is 2.31 bits per heavy atom. The van der Waals surface area contributed by atoms with Crippen molar-refractivity contribution in [2.24, 2.45) is 0 Å². The lowest BCUT2D eigenvalue weighted by Crippen LogP contribution is -2.53. The number of benzene rings is 2. The fraction of sp³-hybridized carbons (Fsp3) is 0.458. The number of nitrogens with one attached hydrogen (secondary N) is 1. The minimum absolute atomic E-state index is 0.115. The molecule has 12 heteroatoms. The second kappa shape index (κ2) is 9.97. The van der Waals surface area contributed by atoms with E-state index in [9.17, 15) is 22.0 Å². The Bertz CT molecular complexity index is 1230. The number of carbonyl (C=O) groups excluding carboxylic acids is 1. The normalized spacial score (nSPS) is 20.0. The SMILES string of the molecule is CCS(=O)(=O)N[C@@H]1[C@H](Cc2cccc(-c3cc(F)cc(F)c3)c2F)N(C(=O)OC(C)(C)C)CC1(F)F. The number of rotatable bonds is 6. The average Bonchev–Trinajstić information content (AvgIpc) is 2.97. The number of alkyl halides is 2. The number of hydrogen-bond donors (Lipinski definition) is 1. The maximum Gasteiger partial charge on any atom is 0.410 e. The number of likely N-dealkylation sites (tertiary alicyclic amines) is 1. The van der Waals surface area contributed by atoms with Crippen LogP contribution in [0, 0.1) is 17.5 Å². The number of ether oxygens (including phenoxy) is 1. The molecule has 1 N–H and O–H groups in total. The molecule has 1 amide bonds. The van der Waals surface area contributed by atoms with Crippen LogP contribution in [0.15, 0.2) is 36.4 Å². The highest BCUT2D eigenvalue weighted by Crippen LogP contribution is 2.37. The van der Waals surface area contributed by atoms with Crippen LogP contribution in [0.4, 0.5) is 26.7 Å². The van der Waals surface area contributed by atoms with E-state index >= 15 is 13.2 Å². The Balaban J connectivity index is 2.06. The van der Waals surface area contributed by atoms with Gasteiger partial charge in [0.2, 0.25) is 10.0 Å². The van der Waals surface area contributed by atoms with Crippen molar-refractivity contribution in [1.29, 1.82) is 0 Å². The fourth-order valence-corrected chi connectivity index (χ4v) is 4.87. The number of halogens is 5. The Hall–Kier alpha value is -2.73. The summed E-state index contributed by atoms with van der Waals surface area (Å²) in [6, 6.07) is 2.76. The van der Waals surface area contributed by atoms with Crippen LogP contribution in [0.1, 0.15) is 33.3 Å². The molecule has 0 saturated carbocycles. The van der Waals surface area contributed by atoms with Gasteiger partial charge in [0.1, 0.15) is 29.1 Å². The van der Waals surface area contributed by atoms with Crippen molar-refractivity contribution in [2.75, 3.05) is 12.3 Å². The number of hydrogen-bond acceptors (Lipinski definition) is 4. The van der Waals surface area contributed by atoms with Crippen molar-refractivity contribution in [1.82, 2.24) is 9.62 Å². The van der Waals surface area contributed by atoms with Crippen molar-refractivity contribution in [2.45, 2.75) is 57.7 Å². The average molecular weight is 535 g/mol. The molecule has 0 spiro atoms. The van der Waals surface area contributed by atoms with Gasteiger partial charge in [-0.15, -0.1) is 0 Å². The van der Waals surface area contributed by atoms with E-state index in [4.69, 9.17) is 4.74 Å². The van der Waals surface area contributed by atoms with Crippen LogP contribution in [0.3, 0.4) is 0 Å². The van der Waals surface area contributed by atoms with E-state index in [2.05, 4.69) is 0 Å². The minimum Gasteiger partial charge on any atom is -0.444 e. The molecule has 198 valence electrons. The van der Waals surface area contributed by atoms with Gasteiger partial charge in [-0.05, 0) is 57.4 Å². The predicted octanol–water partition coefficient (Wildman–Crippen LogP) is 4.88. The van der Waals surface area contributed by atoms with Crippen LogP contribution in [-0.4, -0.2) is 55.3 Å². The molecular weight excluding hydrogens is 507 g/mol. The Kier molecular flexibility index (Phi) is 7.71. The highest BCUT2D eigenvalue weighted by molar-refractivity contribution is 7.89. The summed E-state index contributed by atoms with van der Waals surface area (Å²) in [5.41, 5.74) is -1.50. The fourth-order valence-electron chi connectivity index (χ4n) is 3.99. The second-order valence-electron chi connectivity index (χ2n) is 9.58. The summed E-state index contributed by atoms with van der Waals surface area (Å²) in [5.74, 6) is -7.00. The van der Waals surface area contributed by atoms with Crippen LogP contribution in [0.25, 0.3) is 11.1 Å². The van der Waals surface area contributed by atoms with Gasteiger partial charge in [-0.2, -0.15) is 0 Å². The number of nitrogens with zero attached hydrogens (tertiary/aromatic N) is 1. The molecule has 2 atom stereocenters. The summed E-state index contributed by atoms with van der Waals surface area (Å²) in [5, 5.41) is 0. The van der Waals surface area contributed by atoms with Crippen LogP contribution >= 0.6 is 0 Å². The van der Waals surface area contributed by atoms with Crippen LogP contribution in [0.2, 0.25) is 0 Å².